The maximum Gasteiger partial charge on any atom is 0.255 e. The highest BCUT2D eigenvalue weighted by atomic mass is 35.5. The first-order chi connectivity index (χ1) is 16.3. The molecule has 0 bridgehead atoms. The van der Waals surface area contributed by atoms with E-state index < -0.39 is 11.9 Å². The molecule has 178 valence electrons. The van der Waals surface area contributed by atoms with Gasteiger partial charge in [-0.2, -0.15) is 0 Å². The summed E-state index contributed by atoms with van der Waals surface area (Å²) >= 11 is 5.99. The standard InChI is InChI=1S/C25H26ClFN4O3/c26-17-2-1-15(21(28)10-17)12-30-7-5-14(6-8-30)18-9-16-13-31(25(34)19(16)11-20(18)27)22-3-4-23(32)29-24(22)33/h1-2,9-11,14,22H,3-8,12-13,28H2,(H,29,32,33). The van der Waals surface area contributed by atoms with E-state index in [9.17, 15) is 14.4 Å². The molecule has 3 aliphatic rings. The summed E-state index contributed by atoms with van der Waals surface area (Å²) in [5.74, 6) is -1.47. The van der Waals surface area contributed by atoms with Gasteiger partial charge < -0.3 is 10.6 Å². The van der Waals surface area contributed by atoms with Crippen molar-refractivity contribution >= 4 is 35.0 Å². The first-order valence-corrected chi connectivity index (χ1v) is 11.9. The highest BCUT2D eigenvalue weighted by Crippen LogP contribution is 2.36. The molecule has 0 aromatic heterocycles. The topological polar surface area (TPSA) is 95.7 Å². The van der Waals surface area contributed by atoms with E-state index in [1.54, 1.807) is 12.1 Å². The quantitative estimate of drug-likeness (QED) is 0.513. The number of likely N-dealkylation sites (tertiary alicyclic amines) is 1. The van der Waals surface area contributed by atoms with Gasteiger partial charge in [-0.1, -0.05) is 23.7 Å². The molecule has 3 N–H and O–H groups in total. The number of benzene rings is 2. The molecule has 2 saturated heterocycles. The predicted octanol–water partition coefficient (Wildman–Crippen LogP) is 3.20. The third-order valence-electron chi connectivity index (χ3n) is 7.17. The third-order valence-corrected chi connectivity index (χ3v) is 7.41. The van der Waals surface area contributed by atoms with Crippen molar-refractivity contribution in [2.75, 3.05) is 18.8 Å². The molecule has 3 heterocycles. The van der Waals surface area contributed by atoms with Gasteiger partial charge in [0.15, 0.2) is 0 Å². The molecular formula is C25H26ClFN4O3. The Kier molecular flexibility index (Phi) is 6.04. The number of nitrogens with one attached hydrogen (secondary N) is 1. The molecule has 2 fully saturated rings. The molecular weight excluding hydrogens is 459 g/mol. The molecule has 2 aromatic carbocycles. The highest BCUT2D eigenvalue weighted by molar-refractivity contribution is 6.30. The van der Waals surface area contributed by atoms with E-state index in [2.05, 4.69) is 10.2 Å². The largest absolute Gasteiger partial charge is 0.398 e. The van der Waals surface area contributed by atoms with Gasteiger partial charge in [0.1, 0.15) is 11.9 Å². The number of nitrogen functional groups attached to an aromatic ring is 1. The zero-order chi connectivity index (χ0) is 24.0. The monoisotopic (exact) mass is 484 g/mol. The predicted molar refractivity (Wildman–Crippen MR) is 126 cm³/mol. The molecule has 9 heteroatoms. The number of amides is 3. The molecule has 0 saturated carbocycles. The summed E-state index contributed by atoms with van der Waals surface area (Å²) in [6.45, 7) is 2.59. The van der Waals surface area contributed by atoms with Crippen molar-refractivity contribution in [1.82, 2.24) is 15.1 Å². The number of piperidine rings is 2. The molecule has 34 heavy (non-hydrogen) atoms. The van der Waals surface area contributed by atoms with E-state index in [-0.39, 0.29) is 42.9 Å². The lowest BCUT2D eigenvalue weighted by molar-refractivity contribution is -0.136. The molecule has 1 atom stereocenters. The molecule has 0 spiro atoms. The number of rotatable bonds is 4. The Morgan fingerprint density at radius 2 is 1.85 bits per heavy atom. The minimum absolute atomic E-state index is 0.0591. The van der Waals surface area contributed by atoms with E-state index in [4.69, 9.17) is 17.3 Å². The second-order valence-electron chi connectivity index (χ2n) is 9.32. The van der Waals surface area contributed by atoms with Gasteiger partial charge in [0, 0.05) is 35.8 Å². The van der Waals surface area contributed by atoms with Crippen LogP contribution < -0.4 is 11.1 Å². The summed E-state index contributed by atoms with van der Waals surface area (Å²) in [6.07, 6.45) is 2.08. The molecule has 0 aliphatic carbocycles. The average Bonchev–Trinajstić information content (AvgIpc) is 3.11. The summed E-state index contributed by atoms with van der Waals surface area (Å²) in [5, 5.41) is 2.90. The van der Waals surface area contributed by atoms with Gasteiger partial charge in [-0.15, -0.1) is 0 Å². The van der Waals surface area contributed by atoms with Gasteiger partial charge >= 0.3 is 0 Å². The van der Waals surface area contributed by atoms with Crippen LogP contribution in [0.2, 0.25) is 5.02 Å². The molecule has 2 aromatic rings. The Morgan fingerprint density at radius 3 is 2.56 bits per heavy atom. The van der Waals surface area contributed by atoms with Crippen molar-refractivity contribution in [3.8, 4) is 0 Å². The Labute approximate surface area is 202 Å². The molecule has 5 rings (SSSR count). The average molecular weight is 485 g/mol. The fourth-order valence-corrected chi connectivity index (χ4v) is 5.45. The summed E-state index contributed by atoms with van der Waals surface area (Å²) in [7, 11) is 0. The van der Waals surface area contributed by atoms with E-state index in [0.29, 0.717) is 21.8 Å². The fourth-order valence-electron chi connectivity index (χ4n) is 5.27. The van der Waals surface area contributed by atoms with Crippen molar-refractivity contribution in [2.45, 2.75) is 50.7 Å². The number of hydrogen-bond acceptors (Lipinski definition) is 5. The lowest BCUT2D eigenvalue weighted by Gasteiger charge is -2.32. The van der Waals surface area contributed by atoms with Crippen LogP contribution in [0.15, 0.2) is 30.3 Å². The molecule has 1 unspecified atom stereocenters. The van der Waals surface area contributed by atoms with E-state index in [1.165, 1.54) is 11.0 Å². The van der Waals surface area contributed by atoms with Crippen molar-refractivity contribution in [1.29, 1.82) is 0 Å². The zero-order valence-electron chi connectivity index (χ0n) is 18.7. The number of anilines is 1. The van der Waals surface area contributed by atoms with Crippen LogP contribution in [0.4, 0.5) is 10.1 Å². The SMILES string of the molecule is Nc1cc(Cl)ccc1CN1CCC(c2cc3c(cc2F)C(=O)N(C2CCC(=O)NC2=O)C3)CC1. The minimum Gasteiger partial charge on any atom is -0.398 e. The molecule has 3 aliphatic heterocycles. The Hall–Kier alpha value is -2.97. The first-order valence-electron chi connectivity index (χ1n) is 11.5. The van der Waals surface area contributed by atoms with Crippen LogP contribution in [0, 0.1) is 5.82 Å². The Bertz CT molecular complexity index is 1180. The van der Waals surface area contributed by atoms with Crippen molar-refractivity contribution in [3.63, 3.8) is 0 Å². The number of hydrogen-bond donors (Lipinski definition) is 2. The summed E-state index contributed by atoms with van der Waals surface area (Å²) < 4.78 is 15.1. The van der Waals surface area contributed by atoms with Gasteiger partial charge in [0.05, 0.1) is 0 Å². The van der Waals surface area contributed by atoms with E-state index in [0.717, 1.165) is 43.6 Å². The smallest absolute Gasteiger partial charge is 0.255 e. The Balaban J connectivity index is 1.27. The maximum atomic E-state index is 15.1. The van der Waals surface area contributed by atoms with Gasteiger partial charge in [-0.3, -0.25) is 24.6 Å². The zero-order valence-corrected chi connectivity index (χ0v) is 19.4. The molecule has 3 amide bonds. The van der Waals surface area contributed by atoms with E-state index in [1.807, 2.05) is 12.1 Å². The fraction of sp³-hybridized carbons (Fsp3) is 0.400. The first kappa shape index (κ1) is 22.8. The number of carbonyl (C=O) groups is 3. The van der Waals surface area contributed by atoms with Crippen molar-refractivity contribution in [2.24, 2.45) is 0 Å². The van der Waals surface area contributed by atoms with Gasteiger partial charge in [-0.05, 0) is 73.2 Å². The van der Waals surface area contributed by atoms with Gasteiger partial charge in [0.2, 0.25) is 11.8 Å². The minimum atomic E-state index is -0.701. The summed E-state index contributed by atoms with van der Waals surface area (Å²) in [6, 6.07) is 7.94. The van der Waals surface area contributed by atoms with Crippen molar-refractivity contribution in [3.05, 3.63) is 63.4 Å². The van der Waals surface area contributed by atoms with E-state index >= 15 is 4.39 Å². The maximum absolute atomic E-state index is 15.1. The summed E-state index contributed by atoms with van der Waals surface area (Å²) in [4.78, 5) is 40.4. The van der Waals surface area contributed by atoms with Crippen molar-refractivity contribution < 1.29 is 18.8 Å². The number of fused-ring (bicyclic) bond motifs is 1. The van der Waals surface area contributed by atoms with Crippen LogP contribution in [0.25, 0.3) is 0 Å². The molecule has 0 radical (unpaired) electrons. The number of carbonyl (C=O) groups excluding carboxylic acids is 3. The lowest BCUT2D eigenvalue weighted by Crippen LogP contribution is -2.52. The normalized spacial score (nSPS) is 21.6. The second kappa shape index (κ2) is 9.00. The van der Waals surface area contributed by atoms with Gasteiger partial charge in [-0.25, -0.2) is 4.39 Å². The van der Waals surface area contributed by atoms with Crippen LogP contribution in [-0.2, 0) is 22.7 Å². The number of nitrogens with two attached hydrogens (primary N) is 1. The van der Waals surface area contributed by atoms with Crippen LogP contribution >= 0.6 is 11.6 Å². The number of halogens is 2. The van der Waals surface area contributed by atoms with Crippen LogP contribution in [0.1, 0.15) is 58.6 Å². The number of nitrogens with zero attached hydrogens (tertiary/aromatic N) is 2. The summed E-state index contributed by atoms with van der Waals surface area (Å²) in [5.41, 5.74) is 9.46. The third kappa shape index (κ3) is 4.28. The second-order valence-corrected chi connectivity index (χ2v) is 9.76. The van der Waals surface area contributed by atoms with Crippen LogP contribution in [0.5, 0.6) is 0 Å². The molecule has 7 nitrogen and oxygen atoms in total. The highest BCUT2D eigenvalue weighted by Gasteiger charge is 2.40. The Morgan fingerprint density at radius 1 is 1.09 bits per heavy atom. The lowest BCUT2D eigenvalue weighted by atomic mass is 9.87. The van der Waals surface area contributed by atoms with Crippen LogP contribution in [0.3, 0.4) is 0 Å². The number of imide groups is 1. The van der Waals surface area contributed by atoms with Gasteiger partial charge in [0.25, 0.3) is 5.91 Å². The van der Waals surface area contributed by atoms with Crippen LogP contribution in [-0.4, -0.2) is 46.7 Å².